The average Bonchev–Trinajstić information content (AvgIpc) is 2.47. The minimum absolute atomic E-state index is 0.0296. The van der Waals surface area contributed by atoms with Crippen LogP contribution in [0.15, 0.2) is 18.5 Å². The number of hydrogen-bond donors (Lipinski definition) is 1. The van der Waals surface area contributed by atoms with Gasteiger partial charge in [-0.25, -0.2) is 4.98 Å². The first-order valence-corrected chi connectivity index (χ1v) is 4.26. The maximum atomic E-state index is 12.4. The van der Waals surface area contributed by atoms with Crippen molar-refractivity contribution in [3.63, 3.8) is 0 Å². The van der Waals surface area contributed by atoms with E-state index in [2.05, 4.69) is 4.98 Å². The van der Waals surface area contributed by atoms with Gasteiger partial charge in [0.2, 0.25) is 5.95 Å². The van der Waals surface area contributed by atoms with Crippen LogP contribution < -0.4 is 5.73 Å². The first-order valence-electron chi connectivity index (χ1n) is 3.89. The molecule has 0 fully saturated rings. The lowest BCUT2D eigenvalue weighted by atomic mass is 10.2. The molecule has 2 aromatic heterocycles. The number of anilines is 1. The van der Waals surface area contributed by atoms with Crippen molar-refractivity contribution < 1.29 is 13.2 Å². The number of halogens is 4. The lowest BCUT2D eigenvalue weighted by Gasteiger charge is -2.08. The van der Waals surface area contributed by atoms with E-state index in [-0.39, 0.29) is 11.0 Å². The zero-order valence-corrected chi connectivity index (χ0v) is 7.97. The van der Waals surface area contributed by atoms with Gasteiger partial charge in [-0.05, 0) is 6.07 Å². The molecular weight excluding hydrogens is 231 g/mol. The van der Waals surface area contributed by atoms with Crippen LogP contribution in [0.2, 0.25) is 5.02 Å². The summed E-state index contributed by atoms with van der Waals surface area (Å²) in [5.41, 5.74) is 4.88. The SMILES string of the molecule is Nc1ncc2c(Cl)cc(C(F)(F)F)cn12. The van der Waals surface area contributed by atoms with E-state index in [0.29, 0.717) is 5.52 Å². The zero-order valence-electron chi connectivity index (χ0n) is 7.22. The average molecular weight is 236 g/mol. The molecule has 2 rings (SSSR count). The molecule has 0 aromatic carbocycles. The number of nitrogens with zero attached hydrogens (tertiary/aromatic N) is 2. The van der Waals surface area contributed by atoms with E-state index in [1.807, 2.05) is 0 Å². The van der Waals surface area contributed by atoms with Crippen LogP contribution in [-0.4, -0.2) is 9.38 Å². The summed E-state index contributed by atoms with van der Waals surface area (Å²) < 4.78 is 38.3. The number of imidazole rings is 1. The molecular formula is C8H5ClF3N3. The largest absolute Gasteiger partial charge is 0.417 e. The van der Waals surface area contributed by atoms with Gasteiger partial charge in [-0.3, -0.25) is 4.40 Å². The number of pyridine rings is 1. The predicted molar refractivity (Wildman–Crippen MR) is 49.6 cm³/mol. The Morgan fingerprint density at radius 2 is 2.07 bits per heavy atom. The molecule has 0 saturated carbocycles. The molecule has 2 N–H and O–H groups in total. The maximum absolute atomic E-state index is 12.4. The molecule has 0 unspecified atom stereocenters. The molecule has 0 bridgehead atoms. The molecule has 0 aliphatic rings. The fraction of sp³-hybridized carbons (Fsp3) is 0.125. The van der Waals surface area contributed by atoms with Gasteiger partial charge >= 0.3 is 6.18 Å². The van der Waals surface area contributed by atoms with Gasteiger partial charge in [0.05, 0.1) is 22.3 Å². The van der Waals surface area contributed by atoms with E-state index in [0.717, 1.165) is 16.7 Å². The van der Waals surface area contributed by atoms with Gasteiger partial charge in [-0.15, -0.1) is 0 Å². The van der Waals surface area contributed by atoms with E-state index in [9.17, 15) is 13.2 Å². The molecule has 2 heterocycles. The van der Waals surface area contributed by atoms with Gasteiger partial charge in [-0.1, -0.05) is 11.6 Å². The number of nitrogens with two attached hydrogens (primary N) is 1. The number of fused-ring (bicyclic) bond motifs is 1. The maximum Gasteiger partial charge on any atom is 0.417 e. The molecule has 0 radical (unpaired) electrons. The quantitative estimate of drug-likeness (QED) is 0.763. The Balaban J connectivity index is 2.76. The third kappa shape index (κ3) is 1.61. The highest BCUT2D eigenvalue weighted by Gasteiger charge is 2.31. The van der Waals surface area contributed by atoms with Crippen molar-refractivity contribution in [3.05, 3.63) is 29.0 Å². The summed E-state index contributed by atoms with van der Waals surface area (Å²) in [4.78, 5) is 3.67. The molecule has 0 aliphatic heterocycles. The van der Waals surface area contributed by atoms with Gasteiger partial charge in [0, 0.05) is 6.20 Å². The molecule has 80 valence electrons. The molecule has 7 heteroatoms. The van der Waals surface area contributed by atoms with Crippen LogP contribution in [0.3, 0.4) is 0 Å². The summed E-state index contributed by atoms with van der Waals surface area (Å²) in [6.07, 6.45) is -2.27. The molecule has 2 aromatic rings. The third-order valence-corrected chi connectivity index (χ3v) is 2.25. The lowest BCUT2D eigenvalue weighted by Crippen LogP contribution is -2.07. The molecule has 0 amide bonds. The van der Waals surface area contributed by atoms with Gasteiger partial charge in [0.25, 0.3) is 0 Å². The number of alkyl halides is 3. The summed E-state index contributed by atoms with van der Waals surface area (Å²) in [5.74, 6) is -0.0296. The van der Waals surface area contributed by atoms with Crippen LogP contribution in [0.4, 0.5) is 19.1 Å². The van der Waals surface area contributed by atoms with Crippen molar-refractivity contribution >= 4 is 23.1 Å². The molecule has 0 spiro atoms. The number of nitrogen functional groups attached to an aromatic ring is 1. The summed E-state index contributed by atoms with van der Waals surface area (Å²) in [6.45, 7) is 0. The zero-order chi connectivity index (χ0) is 11.2. The van der Waals surface area contributed by atoms with Crippen LogP contribution in [0.25, 0.3) is 5.52 Å². The highest BCUT2D eigenvalue weighted by atomic mass is 35.5. The first-order chi connectivity index (χ1) is 6.89. The monoisotopic (exact) mass is 235 g/mol. The van der Waals surface area contributed by atoms with Crippen molar-refractivity contribution in [2.45, 2.75) is 6.18 Å². The fourth-order valence-electron chi connectivity index (χ4n) is 1.23. The third-order valence-electron chi connectivity index (χ3n) is 1.95. The van der Waals surface area contributed by atoms with Crippen molar-refractivity contribution in [3.8, 4) is 0 Å². The second-order valence-electron chi connectivity index (χ2n) is 2.95. The van der Waals surface area contributed by atoms with E-state index in [1.165, 1.54) is 6.20 Å². The second-order valence-corrected chi connectivity index (χ2v) is 3.35. The predicted octanol–water partition coefficient (Wildman–Crippen LogP) is 2.59. The summed E-state index contributed by atoms with van der Waals surface area (Å²) >= 11 is 5.67. The second kappa shape index (κ2) is 3.03. The van der Waals surface area contributed by atoms with E-state index < -0.39 is 11.7 Å². The Labute approximate surface area is 87.3 Å². The van der Waals surface area contributed by atoms with Crippen LogP contribution in [0.5, 0.6) is 0 Å². The highest BCUT2D eigenvalue weighted by Crippen LogP contribution is 2.32. The number of aromatic nitrogens is 2. The Bertz CT molecular complexity index is 518. The summed E-state index contributed by atoms with van der Waals surface area (Å²) in [6, 6.07) is 0.845. The van der Waals surface area contributed by atoms with Crippen LogP contribution in [0.1, 0.15) is 5.56 Å². The van der Waals surface area contributed by atoms with E-state index >= 15 is 0 Å². The standard InChI is InChI=1S/C8H5ClF3N3/c9-5-1-4(8(10,11)12)3-15-6(5)2-14-7(15)13/h1-3H,(H2,13,14). The smallest absolute Gasteiger partial charge is 0.369 e. The van der Waals surface area contributed by atoms with Crippen molar-refractivity contribution in [1.82, 2.24) is 9.38 Å². The lowest BCUT2D eigenvalue weighted by molar-refractivity contribution is -0.137. The minimum Gasteiger partial charge on any atom is -0.369 e. The summed E-state index contributed by atoms with van der Waals surface area (Å²) in [7, 11) is 0. The molecule has 0 atom stereocenters. The normalized spacial score (nSPS) is 12.3. The number of rotatable bonds is 0. The van der Waals surface area contributed by atoms with E-state index in [1.54, 1.807) is 0 Å². The van der Waals surface area contributed by atoms with Crippen molar-refractivity contribution in [2.24, 2.45) is 0 Å². The first kappa shape index (κ1) is 10.1. The van der Waals surface area contributed by atoms with Gasteiger partial charge < -0.3 is 5.73 Å². The molecule has 0 saturated heterocycles. The molecule has 15 heavy (non-hydrogen) atoms. The number of hydrogen-bond acceptors (Lipinski definition) is 2. The van der Waals surface area contributed by atoms with Gasteiger partial charge in [-0.2, -0.15) is 13.2 Å². The van der Waals surface area contributed by atoms with Crippen LogP contribution in [-0.2, 0) is 6.18 Å². The Morgan fingerprint density at radius 1 is 1.40 bits per heavy atom. The topological polar surface area (TPSA) is 43.3 Å². The Morgan fingerprint density at radius 3 is 2.67 bits per heavy atom. The Kier molecular flexibility index (Phi) is 2.04. The highest BCUT2D eigenvalue weighted by molar-refractivity contribution is 6.33. The van der Waals surface area contributed by atoms with Crippen LogP contribution >= 0.6 is 11.6 Å². The summed E-state index contributed by atoms with van der Waals surface area (Å²) in [5, 5.41) is -0.0333. The van der Waals surface area contributed by atoms with Crippen LogP contribution in [0, 0.1) is 0 Å². The molecule has 3 nitrogen and oxygen atoms in total. The molecule has 0 aliphatic carbocycles. The minimum atomic E-state index is -4.45. The van der Waals surface area contributed by atoms with Crippen molar-refractivity contribution in [2.75, 3.05) is 5.73 Å². The van der Waals surface area contributed by atoms with E-state index in [4.69, 9.17) is 17.3 Å². The van der Waals surface area contributed by atoms with Crippen molar-refractivity contribution in [1.29, 1.82) is 0 Å². The van der Waals surface area contributed by atoms with Gasteiger partial charge in [0.1, 0.15) is 0 Å². The fourth-order valence-corrected chi connectivity index (χ4v) is 1.49. The Hall–Kier alpha value is -1.43. The van der Waals surface area contributed by atoms with Gasteiger partial charge in [0.15, 0.2) is 0 Å².